The van der Waals surface area contributed by atoms with Gasteiger partial charge in [0.05, 0.1) is 11.0 Å². The molecule has 0 saturated heterocycles. The molecule has 156 valence electrons. The number of ether oxygens (including phenoxy) is 1. The molecular weight excluding hydrogens is 382 g/mol. The van der Waals surface area contributed by atoms with E-state index in [1.807, 2.05) is 0 Å². The van der Waals surface area contributed by atoms with Gasteiger partial charge in [0.1, 0.15) is 0 Å². The van der Waals surface area contributed by atoms with Crippen LogP contribution in [0.5, 0.6) is 0 Å². The monoisotopic (exact) mass is 411 g/mol. The van der Waals surface area contributed by atoms with Crippen molar-refractivity contribution in [3.05, 3.63) is 29.8 Å². The molecule has 0 aromatic heterocycles. The number of carbonyl (C=O) groups is 2. The lowest BCUT2D eigenvalue weighted by Gasteiger charge is -2.33. The lowest BCUT2D eigenvalue weighted by atomic mass is 9.85. The van der Waals surface area contributed by atoms with Gasteiger partial charge in [0.25, 0.3) is 10.0 Å². The van der Waals surface area contributed by atoms with Crippen LogP contribution in [0.4, 0.5) is 4.79 Å². The lowest BCUT2D eigenvalue weighted by molar-refractivity contribution is -0.118. The molecule has 3 atom stereocenters. The van der Waals surface area contributed by atoms with Gasteiger partial charge in [-0.1, -0.05) is 19.1 Å². The molecule has 1 fully saturated rings. The summed E-state index contributed by atoms with van der Waals surface area (Å²) >= 11 is 0. The first-order valence-electron chi connectivity index (χ1n) is 9.40. The zero-order chi connectivity index (χ0) is 20.7. The summed E-state index contributed by atoms with van der Waals surface area (Å²) in [6, 6.07) is 5.38. The molecule has 1 aliphatic carbocycles. The van der Waals surface area contributed by atoms with E-state index in [4.69, 9.17) is 4.74 Å². The van der Waals surface area contributed by atoms with Crippen LogP contribution in [0.15, 0.2) is 29.2 Å². The molecule has 3 amide bonds. The Labute approximate surface area is 166 Å². The van der Waals surface area contributed by atoms with Crippen molar-refractivity contribution in [3.8, 4) is 0 Å². The van der Waals surface area contributed by atoms with Crippen LogP contribution in [0.25, 0.3) is 0 Å². The first kappa shape index (κ1) is 22.2. The maximum absolute atomic E-state index is 12.4. The second-order valence-corrected chi connectivity index (χ2v) is 8.90. The molecule has 0 bridgehead atoms. The van der Waals surface area contributed by atoms with Crippen molar-refractivity contribution in [2.24, 2.45) is 5.92 Å². The molecule has 1 saturated carbocycles. The summed E-state index contributed by atoms with van der Waals surface area (Å²) in [5, 5.41) is 5.41. The van der Waals surface area contributed by atoms with Gasteiger partial charge in [0.2, 0.25) is 5.91 Å². The summed E-state index contributed by atoms with van der Waals surface area (Å²) in [7, 11) is -2.31. The fourth-order valence-electron chi connectivity index (χ4n) is 3.35. The minimum Gasteiger partial charge on any atom is -0.381 e. The number of rotatable bonds is 7. The number of carbonyl (C=O) groups excluding carboxylic acids is 2. The van der Waals surface area contributed by atoms with Crippen LogP contribution in [-0.2, 0) is 26.0 Å². The molecule has 1 aromatic carbocycles. The molecule has 28 heavy (non-hydrogen) atoms. The maximum Gasteiger partial charge on any atom is 0.328 e. The van der Waals surface area contributed by atoms with Crippen molar-refractivity contribution in [1.82, 2.24) is 15.4 Å². The van der Waals surface area contributed by atoms with Gasteiger partial charge >= 0.3 is 6.03 Å². The standard InChI is InChI=1S/C19H29N3O5S/c1-13-4-7-16(12-18(13)27-3)21-19(24)22-28(25,26)17-8-5-15(6-9-17)10-11-20-14(2)23/h5-6,8-9,13,16,18H,4,7,10-12H2,1-3H3,(H,20,23)(H2,21,22,24). The Bertz CT molecular complexity index is 779. The first-order valence-corrected chi connectivity index (χ1v) is 10.9. The minimum atomic E-state index is -3.95. The molecule has 0 spiro atoms. The average Bonchev–Trinajstić information content (AvgIpc) is 2.63. The molecule has 1 aliphatic rings. The van der Waals surface area contributed by atoms with E-state index in [1.165, 1.54) is 19.1 Å². The second-order valence-electron chi connectivity index (χ2n) is 7.22. The highest BCUT2D eigenvalue weighted by Crippen LogP contribution is 2.26. The lowest BCUT2D eigenvalue weighted by Crippen LogP contribution is -2.48. The summed E-state index contributed by atoms with van der Waals surface area (Å²) in [4.78, 5) is 23.1. The molecule has 0 radical (unpaired) electrons. The smallest absolute Gasteiger partial charge is 0.328 e. The van der Waals surface area contributed by atoms with Crippen molar-refractivity contribution in [3.63, 3.8) is 0 Å². The van der Waals surface area contributed by atoms with E-state index in [2.05, 4.69) is 22.3 Å². The average molecular weight is 412 g/mol. The van der Waals surface area contributed by atoms with Gasteiger partial charge in [0.15, 0.2) is 0 Å². The summed E-state index contributed by atoms with van der Waals surface area (Å²) in [6.45, 7) is 4.02. The van der Waals surface area contributed by atoms with Gasteiger partial charge in [-0.3, -0.25) is 4.79 Å². The summed E-state index contributed by atoms with van der Waals surface area (Å²) < 4.78 is 32.3. The van der Waals surface area contributed by atoms with Crippen LogP contribution < -0.4 is 15.4 Å². The predicted octanol–water partition coefficient (Wildman–Crippen LogP) is 1.56. The van der Waals surface area contributed by atoms with Crippen LogP contribution in [-0.4, -0.2) is 46.2 Å². The van der Waals surface area contributed by atoms with E-state index in [9.17, 15) is 18.0 Å². The Balaban J connectivity index is 1.90. The van der Waals surface area contributed by atoms with E-state index < -0.39 is 16.1 Å². The van der Waals surface area contributed by atoms with Crippen LogP contribution in [0.1, 0.15) is 38.7 Å². The Morgan fingerprint density at radius 2 is 1.86 bits per heavy atom. The maximum atomic E-state index is 12.4. The van der Waals surface area contributed by atoms with Crippen molar-refractivity contribution < 1.29 is 22.7 Å². The van der Waals surface area contributed by atoms with Gasteiger partial charge in [-0.2, -0.15) is 0 Å². The predicted molar refractivity (Wildman–Crippen MR) is 105 cm³/mol. The second kappa shape index (κ2) is 9.88. The molecule has 0 aliphatic heterocycles. The first-order chi connectivity index (χ1) is 13.2. The Kier molecular flexibility index (Phi) is 7.82. The van der Waals surface area contributed by atoms with Crippen molar-refractivity contribution in [2.75, 3.05) is 13.7 Å². The number of benzene rings is 1. The summed E-state index contributed by atoms with van der Waals surface area (Å²) in [5.74, 6) is 0.303. The third kappa shape index (κ3) is 6.49. The van der Waals surface area contributed by atoms with Crippen molar-refractivity contribution >= 4 is 22.0 Å². The molecule has 3 N–H and O–H groups in total. The number of sulfonamides is 1. The zero-order valence-corrected chi connectivity index (χ0v) is 17.3. The SMILES string of the molecule is COC1CC(NC(=O)NS(=O)(=O)c2ccc(CCNC(C)=O)cc2)CCC1C. The zero-order valence-electron chi connectivity index (χ0n) is 16.5. The topological polar surface area (TPSA) is 114 Å². The fourth-order valence-corrected chi connectivity index (χ4v) is 4.27. The molecule has 1 aromatic rings. The Hall–Kier alpha value is -2.13. The Morgan fingerprint density at radius 3 is 2.46 bits per heavy atom. The van der Waals surface area contributed by atoms with E-state index in [-0.39, 0.29) is 22.9 Å². The number of nitrogens with one attached hydrogen (secondary N) is 3. The Morgan fingerprint density at radius 1 is 1.18 bits per heavy atom. The van der Waals surface area contributed by atoms with E-state index in [0.717, 1.165) is 18.4 Å². The largest absolute Gasteiger partial charge is 0.381 e. The minimum absolute atomic E-state index is 0.0120. The van der Waals surface area contributed by atoms with Crippen LogP contribution in [0, 0.1) is 5.92 Å². The third-order valence-corrected chi connectivity index (χ3v) is 6.36. The highest BCUT2D eigenvalue weighted by molar-refractivity contribution is 7.90. The van der Waals surface area contributed by atoms with Crippen LogP contribution in [0.2, 0.25) is 0 Å². The quantitative estimate of drug-likeness (QED) is 0.630. The number of methoxy groups -OCH3 is 1. The number of urea groups is 1. The highest BCUT2D eigenvalue weighted by atomic mass is 32.2. The van der Waals surface area contributed by atoms with E-state index in [0.29, 0.717) is 25.3 Å². The summed E-state index contributed by atoms with van der Waals surface area (Å²) in [5.41, 5.74) is 0.888. The molecule has 2 rings (SSSR count). The van der Waals surface area contributed by atoms with Crippen LogP contribution >= 0.6 is 0 Å². The molecule has 3 unspecified atom stereocenters. The number of amides is 3. The molecule has 8 nitrogen and oxygen atoms in total. The molecule has 9 heteroatoms. The number of hydrogen-bond donors (Lipinski definition) is 3. The van der Waals surface area contributed by atoms with Gasteiger partial charge in [-0.05, 0) is 49.3 Å². The van der Waals surface area contributed by atoms with Gasteiger partial charge in [-0.25, -0.2) is 17.9 Å². The van der Waals surface area contributed by atoms with Gasteiger partial charge in [-0.15, -0.1) is 0 Å². The van der Waals surface area contributed by atoms with Gasteiger partial charge in [0, 0.05) is 26.6 Å². The summed E-state index contributed by atoms with van der Waals surface area (Å²) in [6.07, 6.45) is 3.01. The van der Waals surface area contributed by atoms with Crippen LogP contribution in [0.3, 0.4) is 0 Å². The normalized spacial score (nSPS) is 22.3. The fraction of sp³-hybridized carbons (Fsp3) is 0.579. The van der Waals surface area contributed by atoms with Crippen molar-refractivity contribution in [1.29, 1.82) is 0 Å². The molecule has 0 heterocycles. The highest BCUT2D eigenvalue weighted by Gasteiger charge is 2.29. The van der Waals surface area contributed by atoms with Gasteiger partial charge < -0.3 is 15.4 Å². The number of hydrogen-bond acceptors (Lipinski definition) is 5. The van der Waals surface area contributed by atoms with E-state index >= 15 is 0 Å². The van der Waals surface area contributed by atoms with E-state index in [1.54, 1.807) is 19.2 Å². The molecular formula is C19H29N3O5S. The third-order valence-electron chi connectivity index (χ3n) is 5.01. The van der Waals surface area contributed by atoms with Crippen molar-refractivity contribution in [2.45, 2.75) is 56.6 Å².